The molecule has 0 aromatic heterocycles. The van der Waals surface area contributed by atoms with Crippen molar-refractivity contribution in [2.45, 2.75) is 36.7 Å². The number of carbonyl (C=O) groups is 1. The van der Waals surface area contributed by atoms with Crippen LogP contribution in [0.3, 0.4) is 0 Å². The summed E-state index contributed by atoms with van der Waals surface area (Å²) in [6, 6.07) is 0. The standard InChI is InChI=1S/C6H11NO.C2F6NO4S2.Li/c8-6-4-2-1-3-5-7-6;3-1(4,5)14(10,11)9-15(12,13)2(6,7)8;/h1-5H2,(H,7,8);;/q;-1;+1. The molecule has 1 rings (SSSR count). The summed E-state index contributed by atoms with van der Waals surface area (Å²) in [7, 11) is -13.4. The smallest absolute Gasteiger partial charge is 0.421 e. The Balaban J connectivity index is 0. The molecule has 138 valence electrons. The zero-order valence-corrected chi connectivity index (χ0v) is 13.7. The fourth-order valence-corrected chi connectivity index (χ4v) is 2.83. The molecule has 0 spiro atoms. The van der Waals surface area contributed by atoms with E-state index in [4.69, 9.17) is 0 Å². The minimum atomic E-state index is -6.72. The Bertz CT molecular complexity index is 564. The van der Waals surface area contributed by atoms with Crippen molar-refractivity contribution in [3.8, 4) is 0 Å². The van der Waals surface area contributed by atoms with Crippen molar-refractivity contribution in [3.05, 3.63) is 4.13 Å². The third kappa shape index (κ3) is 8.56. The molecular formula is C8H11F6LiN2O5S2. The van der Waals surface area contributed by atoms with Gasteiger partial charge in [0.05, 0.1) is 0 Å². The molecule has 1 heterocycles. The van der Waals surface area contributed by atoms with Gasteiger partial charge in [-0.15, -0.1) is 0 Å². The van der Waals surface area contributed by atoms with Crippen LogP contribution in [0, 0.1) is 0 Å². The zero-order chi connectivity index (χ0) is 18.5. The SMILES string of the molecule is O=C1CCCCCN1.O=S(=O)([N-]S(=O)(=O)C(F)(F)F)C(F)(F)F.[Li+]. The van der Waals surface area contributed by atoms with E-state index < -0.39 is 31.1 Å². The largest absolute Gasteiger partial charge is 1.00 e. The number of rotatable bonds is 2. The van der Waals surface area contributed by atoms with Gasteiger partial charge in [0, 0.05) is 13.0 Å². The number of nitrogens with one attached hydrogen (secondary N) is 1. The number of carbonyl (C=O) groups excluding carboxylic acids is 1. The topological polar surface area (TPSA) is 111 Å². The molecule has 1 aliphatic heterocycles. The molecule has 0 aromatic carbocycles. The van der Waals surface area contributed by atoms with Crippen LogP contribution in [0.15, 0.2) is 0 Å². The number of halogens is 6. The number of hydrogen-bond donors (Lipinski definition) is 1. The molecule has 0 radical (unpaired) electrons. The van der Waals surface area contributed by atoms with Gasteiger partial charge in [-0.3, -0.25) is 4.79 Å². The molecule has 7 nitrogen and oxygen atoms in total. The first-order valence-electron chi connectivity index (χ1n) is 5.74. The van der Waals surface area contributed by atoms with Crippen LogP contribution < -0.4 is 24.2 Å². The van der Waals surface area contributed by atoms with Gasteiger partial charge in [-0.05, 0) is 12.8 Å². The Kier molecular flexibility index (Phi) is 9.95. The van der Waals surface area contributed by atoms with Gasteiger partial charge in [0.25, 0.3) is 0 Å². The maximum absolute atomic E-state index is 11.4. The fraction of sp³-hybridized carbons (Fsp3) is 0.875. The number of amides is 1. The molecule has 1 amide bonds. The van der Waals surface area contributed by atoms with E-state index in [9.17, 15) is 48.0 Å². The van der Waals surface area contributed by atoms with E-state index in [0.717, 1.165) is 29.9 Å². The molecule has 0 unspecified atom stereocenters. The second kappa shape index (κ2) is 9.27. The van der Waals surface area contributed by atoms with E-state index in [2.05, 4.69) is 5.32 Å². The van der Waals surface area contributed by atoms with Crippen LogP contribution in [-0.4, -0.2) is 40.3 Å². The van der Waals surface area contributed by atoms with Crippen molar-refractivity contribution >= 4 is 26.0 Å². The zero-order valence-electron chi connectivity index (χ0n) is 12.1. The molecule has 0 aliphatic carbocycles. The van der Waals surface area contributed by atoms with E-state index >= 15 is 0 Å². The predicted molar refractivity (Wildman–Crippen MR) is 64.8 cm³/mol. The molecule has 0 aromatic rings. The number of nitrogens with zero attached hydrogens (tertiary/aromatic N) is 1. The summed E-state index contributed by atoms with van der Waals surface area (Å²) in [6.45, 7) is 0.888. The van der Waals surface area contributed by atoms with Crippen LogP contribution in [0.2, 0.25) is 0 Å². The van der Waals surface area contributed by atoms with Crippen molar-refractivity contribution in [1.82, 2.24) is 5.32 Å². The molecular weight excluding hydrogens is 389 g/mol. The fourth-order valence-electron chi connectivity index (χ4n) is 1.12. The Morgan fingerprint density at radius 1 is 0.833 bits per heavy atom. The van der Waals surface area contributed by atoms with Crippen LogP contribution in [0.1, 0.15) is 25.7 Å². The minimum Gasteiger partial charge on any atom is -0.421 e. The summed E-state index contributed by atoms with van der Waals surface area (Å²) in [4.78, 5) is 10.6. The molecule has 0 saturated carbocycles. The number of sulfonamides is 2. The maximum atomic E-state index is 11.4. The molecule has 1 fully saturated rings. The van der Waals surface area contributed by atoms with Gasteiger partial charge in [-0.2, -0.15) is 26.3 Å². The van der Waals surface area contributed by atoms with Gasteiger partial charge in [-0.1, -0.05) is 6.42 Å². The van der Waals surface area contributed by atoms with Crippen LogP contribution in [-0.2, 0) is 24.8 Å². The molecule has 1 N–H and O–H groups in total. The molecule has 0 bridgehead atoms. The van der Waals surface area contributed by atoms with Gasteiger partial charge in [0.1, 0.15) is 0 Å². The van der Waals surface area contributed by atoms with Crippen LogP contribution in [0.4, 0.5) is 26.3 Å². The van der Waals surface area contributed by atoms with Gasteiger partial charge in [-0.25, -0.2) is 16.8 Å². The molecule has 1 saturated heterocycles. The van der Waals surface area contributed by atoms with Gasteiger partial charge >= 0.3 is 29.9 Å². The number of hydrogen-bond acceptors (Lipinski definition) is 5. The van der Waals surface area contributed by atoms with Crippen molar-refractivity contribution in [1.29, 1.82) is 0 Å². The van der Waals surface area contributed by atoms with E-state index in [1.54, 1.807) is 0 Å². The third-order valence-corrected chi connectivity index (χ3v) is 4.92. The van der Waals surface area contributed by atoms with Gasteiger partial charge in [0.2, 0.25) is 5.91 Å². The second-order valence-corrected chi connectivity index (χ2v) is 7.50. The summed E-state index contributed by atoms with van der Waals surface area (Å²) in [5, 5.41) is 2.81. The van der Waals surface area contributed by atoms with Crippen LogP contribution in [0.25, 0.3) is 4.13 Å². The summed E-state index contributed by atoms with van der Waals surface area (Å²) < 4.78 is 109. The minimum absolute atomic E-state index is 0. The van der Waals surface area contributed by atoms with Crippen molar-refractivity contribution in [3.63, 3.8) is 0 Å². The second-order valence-electron chi connectivity index (χ2n) is 4.08. The first-order valence-corrected chi connectivity index (χ1v) is 8.62. The normalized spacial score (nSPS) is 16.8. The van der Waals surface area contributed by atoms with E-state index in [1.807, 2.05) is 0 Å². The van der Waals surface area contributed by atoms with Crippen molar-refractivity contribution in [2.75, 3.05) is 6.54 Å². The Labute approximate surface area is 145 Å². The summed E-state index contributed by atoms with van der Waals surface area (Å²) in [5.74, 6) is 0.225. The maximum Gasteiger partial charge on any atom is 1.00 e. The predicted octanol–water partition coefficient (Wildman–Crippen LogP) is -1.26. The quantitative estimate of drug-likeness (QED) is 0.460. The average molecular weight is 400 g/mol. The Hall–Kier alpha value is -0.493. The van der Waals surface area contributed by atoms with Gasteiger partial charge in [0.15, 0.2) is 20.0 Å². The number of alkyl halides is 6. The average Bonchev–Trinajstić information content (AvgIpc) is 2.53. The Morgan fingerprint density at radius 2 is 1.25 bits per heavy atom. The van der Waals surface area contributed by atoms with Crippen LogP contribution >= 0.6 is 0 Å². The first kappa shape index (κ1) is 25.7. The summed E-state index contributed by atoms with van der Waals surface area (Å²) in [5.41, 5.74) is -12.4. The first-order chi connectivity index (χ1) is 10.1. The van der Waals surface area contributed by atoms with Gasteiger partial charge < -0.3 is 9.44 Å². The molecule has 0 atom stereocenters. The molecule has 24 heavy (non-hydrogen) atoms. The van der Waals surface area contributed by atoms with Crippen molar-refractivity contribution < 1.29 is 66.8 Å². The molecule has 16 heteroatoms. The van der Waals surface area contributed by atoms with E-state index in [0.29, 0.717) is 0 Å². The van der Waals surface area contributed by atoms with Crippen molar-refractivity contribution in [2.24, 2.45) is 0 Å². The Morgan fingerprint density at radius 3 is 1.62 bits per heavy atom. The third-order valence-electron chi connectivity index (χ3n) is 2.18. The van der Waals surface area contributed by atoms with E-state index in [-0.39, 0.29) is 24.8 Å². The summed E-state index contributed by atoms with van der Waals surface area (Å²) >= 11 is 0. The molecule has 1 aliphatic rings. The van der Waals surface area contributed by atoms with Crippen LogP contribution in [0.5, 0.6) is 0 Å². The monoisotopic (exact) mass is 400 g/mol. The summed E-state index contributed by atoms with van der Waals surface area (Å²) in [6.07, 6.45) is 4.18. The van der Waals surface area contributed by atoms with E-state index in [1.165, 1.54) is 6.42 Å².